The monoisotopic (exact) mass is 416 g/mol. The first-order chi connectivity index (χ1) is 13.5. The molecule has 0 N–H and O–H groups in total. The normalized spacial score (nSPS) is 11.3. The van der Waals surface area contributed by atoms with Gasteiger partial charge < -0.3 is 0 Å². The minimum atomic E-state index is -0.331. The van der Waals surface area contributed by atoms with E-state index in [0.717, 1.165) is 27.1 Å². The lowest BCUT2D eigenvalue weighted by Crippen LogP contribution is -2.04. The highest BCUT2D eigenvalue weighted by molar-refractivity contribution is 7.11. The fourth-order valence-corrected chi connectivity index (χ4v) is 4.04. The van der Waals surface area contributed by atoms with Crippen LogP contribution >= 0.6 is 22.9 Å². The molecule has 6 nitrogen and oxygen atoms in total. The van der Waals surface area contributed by atoms with E-state index in [9.17, 15) is 4.39 Å². The Morgan fingerprint density at radius 3 is 2.64 bits per heavy atom. The third kappa shape index (κ3) is 4.13. The predicted octanol–water partition coefficient (Wildman–Crippen LogP) is 4.03. The van der Waals surface area contributed by atoms with Crippen molar-refractivity contribution in [3.63, 3.8) is 0 Å². The molecule has 3 aromatic heterocycles. The molecule has 0 spiro atoms. The third-order valence-electron chi connectivity index (χ3n) is 4.31. The third-order valence-corrected chi connectivity index (χ3v) is 5.57. The zero-order valence-electron chi connectivity index (χ0n) is 15.4. The van der Waals surface area contributed by atoms with Crippen molar-refractivity contribution in [1.82, 2.24) is 29.8 Å². The van der Waals surface area contributed by atoms with Crippen LogP contribution in [0.4, 0.5) is 4.39 Å². The van der Waals surface area contributed by atoms with E-state index in [2.05, 4.69) is 20.4 Å². The molecule has 0 bridgehead atoms. The molecule has 28 heavy (non-hydrogen) atoms. The molecule has 144 valence electrons. The zero-order chi connectivity index (χ0) is 19.7. The Morgan fingerprint density at radius 1 is 1.07 bits per heavy atom. The SMILES string of the molecule is Cc1cc(C)n(Cc2nnc(Cc3ccn(Cc4c(F)cccc4Cl)n3)s2)n1. The topological polar surface area (TPSA) is 61.4 Å². The molecule has 0 radical (unpaired) electrons. The van der Waals surface area contributed by atoms with E-state index < -0.39 is 0 Å². The Morgan fingerprint density at radius 2 is 1.89 bits per heavy atom. The molecule has 0 aliphatic heterocycles. The maximum absolute atomic E-state index is 14.0. The van der Waals surface area contributed by atoms with Gasteiger partial charge in [-0.25, -0.2) is 4.39 Å². The van der Waals surface area contributed by atoms with Crippen LogP contribution in [0, 0.1) is 19.7 Å². The number of halogens is 2. The molecule has 1 aromatic carbocycles. The van der Waals surface area contributed by atoms with Crippen molar-refractivity contribution in [3.05, 3.63) is 80.0 Å². The van der Waals surface area contributed by atoms with Crippen molar-refractivity contribution in [2.45, 2.75) is 33.4 Å². The fraction of sp³-hybridized carbons (Fsp3) is 0.263. The highest BCUT2D eigenvalue weighted by Crippen LogP contribution is 2.20. The van der Waals surface area contributed by atoms with Crippen molar-refractivity contribution in [2.75, 3.05) is 0 Å². The molecule has 0 atom stereocenters. The Balaban J connectivity index is 1.43. The van der Waals surface area contributed by atoms with Gasteiger partial charge in [-0.3, -0.25) is 9.36 Å². The summed E-state index contributed by atoms with van der Waals surface area (Å²) in [6.07, 6.45) is 2.39. The van der Waals surface area contributed by atoms with Gasteiger partial charge in [0.1, 0.15) is 15.8 Å². The van der Waals surface area contributed by atoms with Crippen LogP contribution < -0.4 is 0 Å². The molecule has 0 amide bonds. The van der Waals surface area contributed by atoms with Crippen LogP contribution in [0.25, 0.3) is 0 Å². The van der Waals surface area contributed by atoms with E-state index in [1.54, 1.807) is 28.2 Å². The maximum Gasteiger partial charge on any atom is 0.139 e. The largest absolute Gasteiger partial charge is 0.268 e. The summed E-state index contributed by atoms with van der Waals surface area (Å²) in [5.41, 5.74) is 3.37. The van der Waals surface area contributed by atoms with E-state index in [1.165, 1.54) is 6.07 Å². The van der Waals surface area contributed by atoms with Gasteiger partial charge in [-0.05, 0) is 38.1 Å². The Bertz CT molecular complexity index is 1100. The van der Waals surface area contributed by atoms with Crippen LogP contribution in [-0.2, 0) is 19.5 Å². The van der Waals surface area contributed by atoms with Gasteiger partial charge in [0, 0.05) is 28.9 Å². The standard InChI is InChI=1S/C19H18ClFN6S/c1-12-8-13(2)27(24-12)11-19-23-22-18(28-19)9-14-6-7-26(25-14)10-15-16(20)4-3-5-17(15)21/h3-8H,9-11H2,1-2H3. The van der Waals surface area contributed by atoms with Crippen molar-refractivity contribution in [2.24, 2.45) is 0 Å². The number of hydrogen-bond donors (Lipinski definition) is 0. The van der Waals surface area contributed by atoms with Gasteiger partial charge in [0.25, 0.3) is 0 Å². The molecule has 4 aromatic rings. The lowest BCUT2D eigenvalue weighted by Gasteiger charge is -2.05. The average molecular weight is 417 g/mol. The van der Waals surface area contributed by atoms with Crippen LogP contribution in [0.2, 0.25) is 5.02 Å². The van der Waals surface area contributed by atoms with Gasteiger partial charge >= 0.3 is 0 Å². The van der Waals surface area contributed by atoms with Gasteiger partial charge in [-0.2, -0.15) is 10.2 Å². The first-order valence-electron chi connectivity index (χ1n) is 8.75. The molecule has 0 aliphatic carbocycles. The molecule has 0 aliphatic rings. The van der Waals surface area contributed by atoms with Crippen LogP contribution in [0.1, 0.15) is 32.7 Å². The maximum atomic E-state index is 14.0. The van der Waals surface area contributed by atoms with Crippen molar-refractivity contribution < 1.29 is 4.39 Å². The molecule has 0 saturated carbocycles. The van der Waals surface area contributed by atoms with Crippen molar-refractivity contribution in [3.8, 4) is 0 Å². The molecule has 4 rings (SSSR count). The minimum Gasteiger partial charge on any atom is -0.268 e. The summed E-state index contributed by atoms with van der Waals surface area (Å²) in [6, 6.07) is 8.61. The number of aromatic nitrogens is 6. The summed E-state index contributed by atoms with van der Waals surface area (Å²) in [4.78, 5) is 0. The molecular weight excluding hydrogens is 399 g/mol. The predicted molar refractivity (Wildman–Crippen MR) is 106 cm³/mol. The average Bonchev–Trinajstić information content (AvgIpc) is 3.34. The lowest BCUT2D eigenvalue weighted by atomic mass is 10.2. The van der Waals surface area contributed by atoms with Crippen LogP contribution in [-0.4, -0.2) is 29.8 Å². The first kappa shape index (κ1) is 18.8. The van der Waals surface area contributed by atoms with Crippen LogP contribution in [0.15, 0.2) is 36.5 Å². The Labute approximate surface area is 170 Å². The first-order valence-corrected chi connectivity index (χ1v) is 9.95. The molecule has 3 heterocycles. The zero-order valence-corrected chi connectivity index (χ0v) is 17.0. The molecule has 0 fully saturated rings. The van der Waals surface area contributed by atoms with E-state index in [-0.39, 0.29) is 12.4 Å². The second kappa shape index (κ2) is 7.81. The molecule has 0 unspecified atom stereocenters. The van der Waals surface area contributed by atoms with Gasteiger partial charge in [0.15, 0.2) is 0 Å². The summed E-state index contributed by atoms with van der Waals surface area (Å²) in [5, 5.41) is 19.7. The number of rotatable bonds is 6. The van der Waals surface area contributed by atoms with Gasteiger partial charge in [0.05, 0.1) is 24.5 Å². The summed E-state index contributed by atoms with van der Waals surface area (Å²) < 4.78 is 17.6. The quantitative estimate of drug-likeness (QED) is 0.476. The smallest absolute Gasteiger partial charge is 0.139 e. The van der Waals surface area contributed by atoms with E-state index >= 15 is 0 Å². The molecule has 0 saturated heterocycles. The van der Waals surface area contributed by atoms with E-state index in [0.29, 0.717) is 23.6 Å². The molecule has 9 heteroatoms. The Kier molecular flexibility index (Phi) is 5.23. The number of nitrogens with zero attached hydrogens (tertiary/aromatic N) is 6. The van der Waals surface area contributed by atoms with Gasteiger partial charge in [-0.1, -0.05) is 29.0 Å². The summed E-state index contributed by atoms with van der Waals surface area (Å²) >= 11 is 7.64. The highest BCUT2D eigenvalue weighted by atomic mass is 35.5. The van der Waals surface area contributed by atoms with Crippen molar-refractivity contribution >= 4 is 22.9 Å². The second-order valence-corrected chi connectivity index (χ2v) is 8.11. The summed E-state index contributed by atoms with van der Waals surface area (Å²) in [5.74, 6) is -0.331. The van der Waals surface area contributed by atoms with Crippen molar-refractivity contribution in [1.29, 1.82) is 0 Å². The fourth-order valence-electron chi connectivity index (χ4n) is 2.97. The van der Waals surface area contributed by atoms with Crippen LogP contribution in [0.3, 0.4) is 0 Å². The highest BCUT2D eigenvalue weighted by Gasteiger charge is 2.12. The van der Waals surface area contributed by atoms with Gasteiger partial charge in [-0.15, -0.1) is 10.2 Å². The van der Waals surface area contributed by atoms with Gasteiger partial charge in [0.2, 0.25) is 0 Å². The number of benzene rings is 1. The number of hydrogen-bond acceptors (Lipinski definition) is 5. The number of aryl methyl sites for hydroxylation is 2. The van der Waals surface area contributed by atoms with Crippen LogP contribution in [0.5, 0.6) is 0 Å². The summed E-state index contributed by atoms with van der Waals surface area (Å²) in [6.45, 7) is 4.89. The second-order valence-electron chi connectivity index (χ2n) is 6.56. The summed E-state index contributed by atoms with van der Waals surface area (Å²) in [7, 11) is 0. The van der Waals surface area contributed by atoms with E-state index in [4.69, 9.17) is 11.6 Å². The minimum absolute atomic E-state index is 0.283. The molecular formula is C19H18ClFN6S. The Hall–Kier alpha value is -2.58. The lowest BCUT2D eigenvalue weighted by molar-refractivity contribution is 0.583. The van der Waals surface area contributed by atoms with E-state index in [1.807, 2.05) is 36.9 Å².